The highest BCUT2D eigenvalue weighted by Gasteiger charge is 2.48. The number of allylic oxidation sites excluding steroid dienone is 2. The van der Waals surface area contributed by atoms with Gasteiger partial charge < -0.3 is 21.1 Å². The van der Waals surface area contributed by atoms with Crippen molar-refractivity contribution in [1.29, 1.82) is 0 Å². The number of aliphatic hydroxyl groups excluding tert-OH is 1. The highest BCUT2D eigenvalue weighted by Crippen LogP contribution is 2.44. The molecule has 0 heterocycles. The maximum absolute atomic E-state index is 14.2. The number of rotatable bonds is 15. The normalized spacial score (nSPS) is 18.2. The second kappa shape index (κ2) is 15.2. The van der Waals surface area contributed by atoms with Gasteiger partial charge in [0.25, 0.3) is 0 Å². The molecule has 4 N–H and O–H groups in total. The van der Waals surface area contributed by atoms with Crippen LogP contribution in [-0.4, -0.2) is 47.6 Å². The Morgan fingerprint density at radius 1 is 1.02 bits per heavy atom. The zero-order valence-corrected chi connectivity index (χ0v) is 25.3. The first-order valence-electron chi connectivity index (χ1n) is 14.9. The Morgan fingerprint density at radius 2 is 1.67 bits per heavy atom. The lowest BCUT2D eigenvalue weighted by atomic mass is 9.63. The molecule has 3 rings (SSSR count). The van der Waals surface area contributed by atoms with Gasteiger partial charge in [-0.05, 0) is 67.9 Å². The SMILES string of the molecule is CCCN(CCC)C(=O)C1=CC(C)=CC(C(N)=O)([C@H](Cc2cc(F)cc(F)c2)[C@@H](O)CNCc2cccc(CC)c2)C1. The molecule has 8 heteroatoms. The van der Waals surface area contributed by atoms with Crippen LogP contribution < -0.4 is 11.1 Å². The van der Waals surface area contributed by atoms with Crippen molar-refractivity contribution in [2.75, 3.05) is 19.6 Å². The first-order valence-corrected chi connectivity index (χ1v) is 14.9. The third-order valence-electron chi connectivity index (χ3n) is 7.96. The third-order valence-corrected chi connectivity index (χ3v) is 7.96. The predicted octanol–water partition coefficient (Wildman–Crippen LogP) is 5.23. The van der Waals surface area contributed by atoms with E-state index in [0.29, 0.717) is 36.3 Å². The van der Waals surface area contributed by atoms with Crippen molar-refractivity contribution < 1.29 is 23.5 Å². The van der Waals surface area contributed by atoms with E-state index >= 15 is 0 Å². The molecule has 2 aromatic carbocycles. The summed E-state index contributed by atoms with van der Waals surface area (Å²) in [4.78, 5) is 28.8. The Bertz CT molecular complexity index is 1280. The summed E-state index contributed by atoms with van der Waals surface area (Å²) in [5.74, 6) is -3.24. The molecule has 0 saturated carbocycles. The van der Waals surface area contributed by atoms with Crippen LogP contribution in [0.3, 0.4) is 0 Å². The van der Waals surface area contributed by atoms with Gasteiger partial charge in [-0.15, -0.1) is 0 Å². The van der Waals surface area contributed by atoms with Gasteiger partial charge in [-0.25, -0.2) is 8.78 Å². The lowest BCUT2D eigenvalue weighted by Crippen LogP contribution is -2.51. The summed E-state index contributed by atoms with van der Waals surface area (Å²) in [5, 5.41) is 14.9. The van der Waals surface area contributed by atoms with Gasteiger partial charge >= 0.3 is 0 Å². The average molecular weight is 582 g/mol. The number of halogens is 2. The third kappa shape index (κ3) is 8.35. The molecule has 0 aliphatic heterocycles. The molecule has 1 aliphatic rings. The van der Waals surface area contributed by atoms with Gasteiger partial charge in [-0.2, -0.15) is 0 Å². The Hall–Kier alpha value is -3.36. The summed E-state index contributed by atoms with van der Waals surface area (Å²) in [6.45, 7) is 9.61. The van der Waals surface area contributed by atoms with Crippen molar-refractivity contribution in [2.45, 2.75) is 72.4 Å². The van der Waals surface area contributed by atoms with Crippen LogP contribution in [0.25, 0.3) is 0 Å². The lowest BCUT2D eigenvalue weighted by molar-refractivity contribution is -0.132. The molecule has 6 nitrogen and oxygen atoms in total. The molecule has 1 unspecified atom stereocenters. The van der Waals surface area contributed by atoms with Crippen LogP contribution in [-0.2, 0) is 29.0 Å². The molecule has 0 spiro atoms. The van der Waals surface area contributed by atoms with Gasteiger partial charge in [0.05, 0.1) is 11.5 Å². The molecule has 3 atom stereocenters. The summed E-state index contributed by atoms with van der Waals surface area (Å²) >= 11 is 0. The first-order chi connectivity index (χ1) is 20.0. The molecule has 0 bridgehead atoms. The smallest absolute Gasteiger partial charge is 0.249 e. The molecule has 2 aromatic rings. The van der Waals surface area contributed by atoms with Crippen LogP contribution in [0.15, 0.2) is 65.8 Å². The van der Waals surface area contributed by atoms with E-state index in [1.54, 1.807) is 24.0 Å². The fourth-order valence-corrected chi connectivity index (χ4v) is 6.02. The minimum Gasteiger partial charge on any atom is -0.391 e. The van der Waals surface area contributed by atoms with Crippen molar-refractivity contribution in [1.82, 2.24) is 10.2 Å². The van der Waals surface area contributed by atoms with E-state index in [0.717, 1.165) is 30.9 Å². The van der Waals surface area contributed by atoms with Crippen molar-refractivity contribution in [2.24, 2.45) is 17.1 Å². The van der Waals surface area contributed by atoms with E-state index in [-0.39, 0.29) is 25.3 Å². The van der Waals surface area contributed by atoms with Gasteiger partial charge in [0, 0.05) is 43.7 Å². The number of nitrogens with zero attached hydrogens (tertiary/aromatic N) is 1. The van der Waals surface area contributed by atoms with E-state index in [1.165, 1.54) is 17.7 Å². The molecule has 42 heavy (non-hydrogen) atoms. The van der Waals surface area contributed by atoms with E-state index in [9.17, 15) is 23.5 Å². The van der Waals surface area contributed by atoms with Crippen molar-refractivity contribution in [3.05, 3.63) is 94.1 Å². The molecule has 0 saturated heterocycles. The van der Waals surface area contributed by atoms with Gasteiger partial charge in [0.1, 0.15) is 11.6 Å². The van der Waals surface area contributed by atoms with Crippen LogP contribution in [0, 0.1) is 23.0 Å². The maximum Gasteiger partial charge on any atom is 0.249 e. The monoisotopic (exact) mass is 581 g/mol. The fraction of sp³-hybridized carbons (Fsp3) is 0.471. The molecule has 1 aliphatic carbocycles. The van der Waals surface area contributed by atoms with Crippen LogP contribution in [0.4, 0.5) is 8.78 Å². The molecule has 228 valence electrons. The van der Waals surface area contributed by atoms with E-state index in [2.05, 4.69) is 24.4 Å². The van der Waals surface area contributed by atoms with Gasteiger partial charge in [0.2, 0.25) is 11.8 Å². The topological polar surface area (TPSA) is 95.7 Å². The molecule has 0 aromatic heterocycles. The molecule has 0 fully saturated rings. The van der Waals surface area contributed by atoms with E-state index < -0.39 is 35.0 Å². The number of hydrogen-bond acceptors (Lipinski definition) is 4. The average Bonchev–Trinajstić information content (AvgIpc) is 2.94. The number of aliphatic hydroxyl groups is 1. The zero-order chi connectivity index (χ0) is 30.9. The lowest BCUT2D eigenvalue weighted by Gasteiger charge is -2.42. The van der Waals surface area contributed by atoms with Crippen LogP contribution in [0.5, 0.6) is 0 Å². The minimum absolute atomic E-state index is 0.0134. The number of primary amides is 1. The number of benzene rings is 2. The number of carbonyl (C=O) groups excluding carboxylic acids is 2. The molecule has 0 radical (unpaired) electrons. The number of hydrogen-bond donors (Lipinski definition) is 3. The second-order valence-electron chi connectivity index (χ2n) is 11.4. The largest absolute Gasteiger partial charge is 0.391 e. The van der Waals surface area contributed by atoms with E-state index in [1.807, 2.05) is 26.0 Å². The van der Waals surface area contributed by atoms with Crippen molar-refractivity contribution >= 4 is 11.8 Å². The fourth-order valence-electron chi connectivity index (χ4n) is 6.02. The maximum atomic E-state index is 14.2. The Morgan fingerprint density at radius 3 is 2.26 bits per heavy atom. The summed E-state index contributed by atoms with van der Waals surface area (Å²) < 4.78 is 28.4. The standard InChI is InChI=1S/C34H45F2N3O3/c1-5-11-39(12-6-2)32(41)27-13-23(4)19-34(20-27,33(37)42)30(17-26-15-28(35)18-29(36)16-26)31(40)22-38-21-25-10-8-9-24(7-3)14-25/h8-10,13-16,18-19,30-31,38,40H,5-7,11-12,17,20-22H2,1-4H3,(H2,37,42)/t30-,31+,34?/m1/s1. The number of carbonyl (C=O) groups is 2. The van der Waals surface area contributed by atoms with Crippen LogP contribution in [0.1, 0.15) is 63.6 Å². The van der Waals surface area contributed by atoms with Gasteiger partial charge in [0.15, 0.2) is 0 Å². The van der Waals surface area contributed by atoms with E-state index in [4.69, 9.17) is 5.73 Å². The Balaban J connectivity index is 1.98. The first kappa shape index (κ1) is 33.1. The van der Waals surface area contributed by atoms with Crippen molar-refractivity contribution in [3.8, 4) is 0 Å². The zero-order valence-electron chi connectivity index (χ0n) is 25.3. The minimum atomic E-state index is -1.46. The highest BCUT2D eigenvalue weighted by atomic mass is 19.1. The number of nitrogens with two attached hydrogens (primary N) is 1. The Kier molecular flexibility index (Phi) is 12.0. The number of aryl methyl sites for hydroxylation is 1. The van der Waals surface area contributed by atoms with Crippen molar-refractivity contribution in [3.63, 3.8) is 0 Å². The number of nitrogens with one attached hydrogen (secondary N) is 1. The summed E-state index contributed by atoms with van der Waals surface area (Å²) in [6.07, 6.45) is 4.79. The van der Waals surface area contributed by atoms with Gasteiger partial charge in [-0.1, -0.05) is 62.8 Å². The highest BCUT2D eigenvalue weighted by molar-refractivity contribution is 5.96. The van der Waals surface area contributed by atoms with Gasteiger partial charge in [-0.3, -0.25) is 9.59 Å². The predicted molar refractivity (Wildman–Crippen MR) is 162 cm³/mol. The second-order valence-corrected chi connectivity index (χ2v) is 11.4. The molecular weight excluding hydrogens is 536 g/mol. The summed E-state index contributed by atoms with van der Waals surface area (Å²) in [7, 11) is 0. The molecular formula is C34H45F2N3O3. The Labute approximate surface area is 248 Å². The van der Waals surface area contributed by atoms with Crippen LogP contribution >= 0.6 is 0 Å². The molecule has 2 amide bonds. The summed E-state index contributed by atoms with van der Waals surface area (Å²) in [5.41, 5.74) is 8.29. The quantitative estimate of drug-likeness (QED) is 0.268. The number of amides is 2. The van der Waals surface area contributed by atoms with Crippen LogP contribution in [0.2, 0.25) is 0 Å². The summed E-state index contributed by atoms with van der Waals surface area (Å²) in [6, 6.07) is 11.3.